The molecule has 0 aromatic rings. The SMILES string of the molecule is N=C(N)NCCO[C@H](N)C(=O)O. The molecule has 0 saturated carbocycles. The number of nitrogens with two attached hydrogens (primary N) is 2. The number of rotatable bonds is 5. The second-order valence-electron chi connectivity index (χ2n) is 1.97. The van der Waals surface area contributed by atoms with Crippen LogP contribution in [0.5, 0.6) is 0 Å². The second-order valence-corrected chi connectivity index (χ2v) is 1.97. The number of nitrogens with one attached hydrogen (secondary N) is 2. The van der Waals surface area contributed by atoms with E-state index in [1.807, 2.05) is 0 Å². The number of hydrogen-bond donors (Lipinski definition) is 5. The number of aliphatic carboxylic acids is 1. The summed E-state index contributed by atoms with van der Waals surface area (Å²) < 4.78 is 4.62. The lowest BCUT2D eigenvalue weighted by Crippen LogP contribution is -2.38. The van der Waals surface area contributed by atoms with E-state index in [0.29, 0.717) is 0 Å². The molecule has 0 fully saturated rings. The Morgan fingerprint density at radius 2 is 2.33 bits per heavy atom. The fourth-order valence-corrected chi connectivity index (χ4v) is 0.443. The van der Waals surface area contributed by atoms with Gasteiger partial charge in [-0.2, -0.15) is 0 Å². The van der Waals surface area contributed by atoms with Gasteiger partial charge in [-0.3, -0.25) is 11.1 Å². The van der Waals surface area contributed by atoms with Gasteiger partial charge in [0, 0.05) is 6.54 Å². The van der Waals surface area contributed by atoms with Crippen LogP contribution in [0, 0.1) is 5.41 Å². The summed E-state index contributed by atoms with van der Waals surface area (Å²) in [4.78, 5) is 10.1. The molecular formula is C5H12N4O3. The van der Waals surface area contributed by atoms with Crippen molar-refractivity contribution in [3.8, 4) is 0 Å². The molecule has 0 aliphatic heterocycles. The average molecular weight is 176 g/mol. The van der Waals surface area contributed by atoms with Gasteiger partial charge >= 0.3 is 5.97 Å². The summed E-state index contributed by atoms with van der Waals surface area (Å²) in [5.41, 5.74) is 9.94. The minimum absolute atomic E-state index is 0.0903. The maximum Gasteiger partial charge on any atom is 0.347 e. The van der Waals surface area contributed by atoms with Gasteiger partial charge in [0.15, 0.2) is 5.96 Å². The quantitative estimate of drug-likeness (QED) is 0.140. The summed E-state index contributed by atoms with van der Waals surface area (Å²) in [6.45, 7) is 0.351. The van der Waals surface area contributed by atoms with E-state index in [2.05, 4.69) is 10.1 Å². The summed E-state index contributed by atoms with van der Waals surface area (Å²) in [5, 5.41) is 17.4. The second kappa shape index (κ2) is 5.33. The van der Waals surface area contributed by atoms with Crippen LogP contribution in [0.3, 0.4) is 0 Å². The first-order chi connectivity index (χ1) is 5.54. The van der Waals surface area contributed by atoms with E-state index in [1.165, 1.54) is 0 Å². The normalized spacial score (nSPS) is 12.1. The van der Waals surface area contributed by atoms with E-state index in [1.54, 1.807) is 0 Å². The summed E-state index contributed by atoms with van der Waals surface area (Å²) in [5.74, 6) is -1.42. The number of hydrogen-bond acceptors (Lipinski definition) is 4. The highest BCUT2D eigenvalue weighted by Gasteiger charge is 2.10. The molecule has 7 N–H and O–H groups in total. The number of carboxylic acids is 1. The van der Waals surface area contributed by atoms with Gasteiger partial charge in [-0.1, -0.05) is 0 Å². The lowest BCUT2D eigenvalue weighted by molar-refractivity contribution is -0.149. The maximum absolute atomic E-state index is 10.1. The standard InChI is InChI=1S/C5H12N4O3/c6-3(4(10)11)12-2-1-9-5(7)8/h3H,1-2,6H2,(H,10,11)(H4,7,8,9)/t3-/m0/s1. The van der Waals surface area contributed by atoms with Crippen LogP contribution in [0.25, 0.3) is 0 Å². The van der Waals surface area contributed by atoms with Crippen molar-refractivity contribution in [3.05, 3.63) is 0 Å². The largest absolute Gasteiger partial charge is 0.478 e. The molecule has 7 nitrogen and oxygen atoms in total. The van der Waals surface area contributed by atoms with Crippen LogP contribution in [0.4, 0.5) is 0 Å². The van der Waals surface area contributed by atoms with Gasteiger partial charge in [0.2, 0.25) is 6.23 Å². The molecule has 1 atom stereocenters. The Labute approximate surface area is 69.2 Å². The van der Waals surface area contributed by atoms with Crippen LogP contribution in [0.1, 0.15) is 0 Å². The maximum atomic E-state index is 10.1. The fraction of sp³-hybridized carbons (Fsp3) is 0.600. The van der Waals surface area contributed by atoms with Crippen LogP contribution in [0.2, 0.25) is 0 Å². The summed E-state index contributed by atoms with van der Waals surface area (Å²) in [7, 11) is 0. The van der Waals surface area contributed by atoms with E-state index < -0.39 is 12.2 Å². The third-order valence-electron chi connectivity index (χ3n) is 0.958. The van der Waals surface area contributed by atoms with Gasteiger partial charge in [0.1, 0.15) is 0 Å². The third kappa shape index (κ3) is 5.45. The van der Waals surface area contributed by atoms with Crippen molar-refractivity contribution in [3.63, 3.8) is 0 Å². The number of guanidine groups is 1. The molecule has 12 heavy (non-hydrogen) atoms. The number of ether oxygens (including phenoxy) is 1. The van der Waals surface area contributed by atoms with Crippen molar-refractivity contribution < 1.29 is 14.6 Å². The van der Waals surface area contributed by atoms with Crippen LogP contribution in [-0.2, 0) is 9.53 Å². The van der Waals surface area contributed by atoms with Crippen molar-refractivity contribution in [2.24, 2.45) is 11.5 Å². The highest BCUT2D eigenvalue weighted by Crippen LogP contribution is 1.80. The molecule has 0 aliphatic rings. The molecule has 0 amide bonds. The smallest absolute Gasteiger partial charge is 0.347 e. The molecule has 0 heterocycles. The topological polar surface area (TPSA) is 134 Å². The van der Waals surface area contributed by atoms with Gasteiger partial charge in [0.05, 0.1) is 6.61 Å². The Balaban J connectivity index is 3.31. The van der Waals surface area contributed by atoms with Crippen LogP contribution in [-0.4, -0.2) is 36.4 Å². The molecule has 0 spiro atoms. The number of carboxylic acid groups (broad SMARTS) is 1. The lowest BCUT2D eigenvalue weighted by Gasteiger charge is -2.08. The zero-order valence-corrected chi connectivity index (χ0v) is 6.41. The van der Waals surface area contributed by atoms with Gasteiger partial charge < -0.3 is 20.9 Å². The Hall–Kier alpha value is -1.34. The molecule has 0 aromatic heterocycles. The highest BCUT2D eigenvalue weighted by atomic mass is 16.5. The molecule has 0 radical (unpaired) electrons. The van der Waals surface area contributed by atoms with Gasteiger partial charge in [-0.25, -0.2) is 4.79 Å². The van der Waals surface area contributed by atoms with Crippen molar-refractivity contribution >= 4 is 11.9 Å². The van der Waals surface area contributed by atoms with E-state index in [4.69, 9.17) is 22.0 Å². The van der Waals surface area contributed by atoms with E-state index in [-0.39, 0.29) is 19.1 Å². The molecule has 7 heteroatoms. The minimum Gasteiger partial charge on any atom is -0.478 e. The third-order valence-corrected chi connectivity index (χ3v) is 0.958. The molecule has 0 saturated heterocycles. The van der Waals surface area contributed by atoms with Crippen LogP contribution >= 0.6 is 0 Å². The molecule has 0 bridgehead atoms. The Bertz CT molecular complexity index is 172. The zero-order valence-electron chi connectivity index (χ0n) is 6.41. The Morgan fingerprint density at radius 1 is 1.75 bits per heavy atom. The van der Waals surface area contributed by atoms with Gasteiger partial charge in [-0.15, -0.1) is 0 Å². The molecule has 0 aromatic carbocycles. The van der Waals surface area contributed by atoms with Crippen LogP contribution in [0.15, 0.2) is 0 Å². The minimum atomic E-state index is -1.32. The van der Waals surface area contributed by atoms with Gasteiger partial charge in [-0.05, 0) is 0 Å². The summed E-state index contributed by atoms with van der Waals surface area (Å²) in [6, 6.07) is 0. The molecular weight excluding hydrogens is 164 g/mol. The first-order valence-corrected chi connectivity index (χ1v) is 3.22. The van der Waals surface area contributed by atoms with Crippen molar-refractivity contribution in [1.29, 1.82) is 5.41 Å². The Morgan fingerprint density at radius 3 is 2.75 bits per heavy atom. The highest BCUT2D eigenvalue weighted by molar-refractivity contribution is 5.74. The first-order valence-electron chi connectivity index (χ1n) is 3.22. The predicted octanol–water partition coefficient (Wildman–Crippen LogP) is -2.14. The predicted molar refractivity (Wildman–Crippen MR) is 41.5 cm³/mol. The molecule has 0 rings (SSSR count). The fourth-order valence-electron chi connectivity index (χ4n) is 0.443. The first kappa shape index (κ1) is 10.7. The molecule has 70 valence electrons. The lowest BCUT2D eigenvalue weighted by atomic mass is 10.6. The average Bonchev–Trinajstić information content (AvgIpc) is 1.97. The molecule has 0 aliphatic carbocycles. The van der Waals surface area contributed by atoms with Crippen molar-refractivity contribution in [1.82, 2.24) is 5.32 Å². The summed E-state index contributed by atoms with van der Waals surface area (Å²) >= 11 is 0. The Kier molecular flexibility index (Phi) is 4.73. The van der Waals surface area contributed by atoms with E-state index in [9.17, 15) is 4.79 Å². The van der Waals surface area contributed by atoms with Crippen LogP contribution < -0.4 is 16.8 Å². The summed E-state index contributed by atoms with van der Waals surface area (Å²) in [6.07, 6.45) is -1.32. The zero-order chi connectivity index (χ0) is 9.56. The monoisotopic (exact) mass is 176 g/mol. The number of carbonyl (C=O) groups is 1. The van der Waals surface area contributed by atoms with Crippen molar-refractivity contribution in [2.45, 2.75) is 6.23 Å². The van der Waals surface area contributed by atoms with E-state index in [0.717, 1.165) is 0 Å². The van der Waals surface area contributed by atoms with Gasteiger partial charge in [0.25, 0.3) is 0 Å². The molecule has 0 unspecified atom stereocenters. The van der Waals surface area contributed by atoms with E-state index >= 15 is 0 Å². The van der Waals surface area contributed by atoms with Crippen molar-refractivity contribution in [2.75, 3.05) is 13.2 Å².